The van der Waals surface area contributed by atoms with E-state index >= 15 is 0 Å². The van der Waals surface area contributed by atoms with Crippen molar-refractivity contribution in [2.75, 3.05) is 7.11 Å². The van der Waals surface area contributed by atoms with Gasteiger partial charge in [0.1, 0.15) is 5.75 Å². The van der Waals surface area contributed by atoms with Crippen molar-refractivity contribution in [1.82, 2.24) is 9.66 Å². The van der Waals surface area contributed by atoms with Crippen LogP contribution in [0.25, 0.3) is 10.9 Å². The fourth-order valence-corrected chi connectivity index (χ4v) is 2.36. The maximum absolute atomic E-state index is 12.4. The van der Waals surface area contributed by atoms with E-state index in [4.69, 9.17) is 16.3 Å². The lowest BCUT2D eigenvalue weighted by Gasteiger charge is -2.05. The third-order valence-corrected chi connectivity index (χ3v) is 3.52. The number of rotatable bonds is 3. The molecule has 0 aliphatic heterocycles. The molecule has 3 aromatic rings. The number of fused-ring (bicyclic) bond motifs is 1. The lowest BCUT2D eigenvalue weighted by molar-refractivity contribution is 0.414. The Labute approximate surface area is 135 Å². The van der Waals surface area contributed by atoms with Gasteiger partial charge in [0.2, 0.25) is 0 Å². The molecule has 6 nitrogen and oxygen atoms in total. The minimum atomic E-state index is -0.619. The van der Waals surface area contributed by atoms with Crippen LogP contribution in [0, 0.1) is 0 Å². The van der Waals surface area contributed by atoms with Gasteiger partial charge in [-0.1, -0.05) is 23.7 Å². The molecule has 23 heavy (non-hydrogen) atoms. The van der Waals surface area contributed by atoms with Crippen LogP contribution in [0.3, 0.4) is 0 Å². The van der Waals surface area contributed by atoms with Gasteiger partial charge in [0.05, 0.1) is 24.2 Å². The standard InChI is InChI=1S/C16H12ClN3O3/c1-23-14-7-6-11(17)8-10(14)9-18-20-15(21)12-4-2-3-5-13(12)19-16(20)22/h2-9H,1H3,(H,19,22). The second-order valence-corrected chi connectivity index (χ2v) is 5.16. The van der Waals surface area contributed by atoms with E-state index in [0.717, 1.165) is 4.68 Å². The second kappa shape index (κ2) is 6.10. The summed E-state index contributed by atoms with van der Waals surface area (Å²) in [7, 11) is 1.51. The molecule has 1 heterocycles. The maximum Gasteiger partial charge on any atom is 0.349 e. The molecule has 0 atom stereocenters. The SMILES string of the molecule is COc1ccc(Cl)cc1C=Nn1c(=O)[nH]c2ccccc2c1=O. The van der Waals surface area contributed by atoms with E-state index in [-0.39, 0.29) is 0 Å². The van der Waals surface area contributed by atoms with E-state index in [9.17, 15) is 9.59 Å². The summed E-state index contributed by atoms with van der Waals surface area (Å²) in [6.45, 7) is 0. The first-order chi connectivity index (χ1) is 11.1. The highest BCUT2D eigenvalue weighted by Gasteiger charge is 2.06. The number of para-hydroxylation sites is 1. The summed E-state index contributed by atoms with van der Waals surface area (Å²) in [6.07, 6.45) is 1.36. The van der Waals surface area contributed by atoms with Gasteiger partial charge in [0, 0.05) is 10.6 Å². The normalized spacial score (nSPS) is 11.2. The van der Waals surface area contributed by atoms with Crippen LogP contribution in [0.4, 0.5) is 0 Å². The minimum Gasteiger partial charge on any atom is -0.496 e. The van der Waals surface area contributed by atoms with Crippen LogP contribution in [-0.4, -0.2) is 23.0 Å². The molecule has 0 saturated heterocycles. The highest BCUT2D eigenvalue weighted by Crippen LogP contribution is 2.20. The zero-order chi connectivity index (χ0) is 16.4. The Bertz CT molecular complexity index is 1020. The fourth-order valence-electron chi connectivity index (χ4n) is 2.18. The van der Waals surface area contributed by atoms with Gasteiger partial charge in [-0.15, -0.1) is 4.68 Å². The number of methoxy groups -OCH3 is 1. The average molecular weight is 330 g/mol. The number of benzene rings is 2. The van der Waals surface area contributed by atoms with Gasteiger partial charge in [-0.25, -0.2) is 4.79 Å². The number of nitrogens with zero attached hydrogens (tertiary/aromatic N) is 2. The summed E-state index contributed by atoms with van der Waals surface area (Å²) in [5.74, 6) is 0.531. The quantitative estimate of drug-likeness (QED) is 0.749. The van der Waals surface area contributed by atoms with Crippen LogP contribution in [0.5, 0.6) is 5.75 Å². The molecule has 0 fully saturated rings. The molecule has 0 saturated carbocycles. The Morgan fingerprint density at radius 1 is 1.22 bits per heavy atom. The molecule has 0 unspecified atom stereocenters. The van der Waals surface area contributed by atoms with Gasteiger partial charge in [0.25, 0.3) is 5.56 Å². The topological polar surface area (TPSA) is 76.5 Å². The van der Waals surface area contributed by atoms with Gasteiger partial charge in [-0.3, -0.25) is 4.79 Å². The van der Waals surface area contributed by atoms with Crippen LogP contribution < -0.4 is 16.0 Å². The Hall–Kier alpha value is -2.86. The molecule has 1 aromatic heterocycles. The van der Waals surface area contributed by atoms with Gasteiger partial charge in [-0.05, 0) is 30.3 Å². The van der Waals surface area contributed by atoms with Crippen LogP contribution >= 0.6 is 11.6 Å². The third kappa shape index (κ3) is 2.89. The number of hydrogen-bond acceptors (Lipinski definition) is 4. The van der Waals surface area contributed by atoms with Crippen molar-refractivity contribution in [2.24, 2.45) is 5.10 Å². The smallest absolute Gasteiger partial charge is 0.349 e. The zero-order valence-corrected chi connectivity index (χ0v) is 12.9. The van der Waals surface area contributed by atoms with Gasteiger partial charge in [-0.2, -0.15) is 5.10 Å². The molecular weight excluding hydrogens is 318 g/mol. The van der Waals surface area contributed by atoms with Crippen LogP contribution in [-0.2, 0) is 0 Å². The van der Waals surface area contributed by atoms with Crippen molar-refractivity contribution >= 4 is 28.7 Å². The van der Waals surface area contributed by atoms with E-state index in [0.29, 0.717) is 27.2 Å². The largest absolute Gasteiger partial charge is 0.496 e. The van der Waals surface area contributed by atoms with Crippen LogP contribution in [0.2, 0.25) is 5.02 Å². The first-order valence-electron chi connectivity index (χ1n) is 6.72. The van der Waals surface area contributed by atoms with Gasteiger partial charge >= 0.3 is 5.69 Å². The van der Waals surface area contributed by atoms with Crippen molar-refractivity contribution in [3.05, 3.63) is 73.9 Å². The van der Waals surface area contributed by atoms with Crippen LogP contribution in [0.1, 0.15) is 5.56 Å². The molecule has 0 spiro atoms. The Kier molecular flexibility index (Phi) is 3.99. The molecule has 0 radical (unpaired) electrons. The fraction of sp³-hybridized carbons (Fsp3) is 0.0625. The number of H-pyrrole nitrogens is 1. The van der Waals surface area contributed by atoms with Crippen molar-refractivity contribution in [1.29, 1.82) is 0 Å². The van der Waals surface area contributed by atoms with Crippen molar-refractivity contribution in [3.8, 4) is 5.75 Å². The molecule has 0 bridgehead atoms. The first kappa shape index (κ1) is 15.1. The van der Waals surface area contributed by atoms with Crippen LogP contribution in [0.15, 0.2) is 57.2 Å². The predicted octanol–water partition coefficient (Wildman–Crippen LogP) is 2.23. The van der Waals surface area contributed by atoms with Crippen molar-refractivity contribution in [3.63, 3.8) is 0 Å². The molecular formula is C16H12ClN3O3. The number of hydrogen-bond donors (Lipinski definition) is 1. The van der Waals surface area contributed by atoms with Crippen molar-refractivity contribution in [2.45, 2.75) is 0 Å². The Morgan fingerprint density at radius 3 is 2.78 bits per heavy atom. The lowest BCUT2D eigenvalue weighted by atomic mass is 10.2. The summed E-state index contributed by atoms with van der Waals surface area (Å²) >= 11 is 5.94. The minimum absolute atomic E-state index is 0.377. The van der Waals surface area contributed by atoms with E-state index in [2.05, 4.69) is 10.1 Å². The molecule has 7 heteroatoms. The Morgan fingerprint density at radius 2 is 2.00 bits per heavy atom. The van der Waals surface area contributed by atoms with E-state index in [1.807, 2.05) is 0 Å². The highest BCUT2D eigenvalue weighted by atomic mass is 35.5. The molecule has 116 valence electrons. The summed E-state index contributed by atoms with van der Waals surface area (Å²) < 4.78 is 5.96. The average Bonchev–Trinajstić information content (AvgIpc) is 2.55. The summed E-state index contributed by atoms with van der Waals surface area (Å²) in [5.41, 5.74) is -0.0960. The summed E-state index contributed by atoms with van der Waals surface area (Å²) in [4.78, 5) is 27.0. The first-order valence-corrected chi connectivity index (χ1v) is 7.10. The van der Waals surface area contributed by atoms with E-state index < -0.39 is 11.2 Å². The van der Waals surface area contributed by atoms with Crippen molar-refractivity contribution < 1.29 is 4.74 Å². The Balaban J connectivity index is 2.14. The number of halogens is 1. The number of aromatic nitrogens is 2. The molecule has 2 aromatic carbocycles. The molecule has 1 N–H and O–H groups in total. The molecule has 0 amide bonds. The summed E-state index contributed by atoms with van der Waals surface area (Å²) in [6, 6.07) is 11.7. The number of aromatic amines is 1. The van der Waals surface area contributed by atoms with Gasteiger partial charge in [0.15, 0.2) is 0 Å². The zero-order valence-electron chi connectivity index (χ0n) is 12.1. The number of nitrogens with one attached hydrogen (secondary N) is 1. The van der Waals surface area contributed by atoms with Gasteiger partial charge < -0.3 is 9.72 Å². The monoisotopic (exact) mass is 329 g/mol. The molecule has 0 aliphatic carbocycles. The highest BCUT2D eigenvalue weighted by molar-refractivity contribution is 6.30. The maximum atomic E-state index is 12.4. The lowest BCUT2D eigenvalue weighted by Crippen LogP contribution is -2.32. The molecule has 3 rings (SSSR count). The van der Waals surface area contributed by atoms with E-state index in [1.54, 1.807) is 42.5 Å². The molecule has 0 aliphatic rings. The number of ether oxygens (including phenoxy) is 1. The third-order valence-electron chi connectivity index (χ3n) is 3.29. The second-order valence-electron chi connectivity index (χ2n) is 4.72. The summed E-state index contributed by atoms with van der Waals surface area (Å²) in [5, 5.41) is 4.84. The van der Waals surface area contributed by atoms with E-state index in [1.165, 1.54) is 13.3 Å². The predicted molar refractivity (Wildman–Crippen MR) is 89.8 cm³/mol.